The minimum atomic E-state index is -0.395. The average Bonchev–Trinajstić information content (AvgIpc) is 2.40. The highest BCUT2D eigenvalue weighted by atomic mass is 35.5. The number of nitrogens with one attached hydrogen (secondary N) is 1. The second kappa shape index (κ2) is 6.41. The van der Waals surface area contributed by atoms with E-state index in [9.17, 15) is 4.39 Å². The number of aromatic nitrogens is 1. The first kappa shape index (κ1) is 15.7. The zero-order chi connectivity index (χ0) is 15.5. The summed E-state index contributed by atoms with van der Waals surface area (Å²) in [6.07, 6.45) is 3.33. The van der Waals surface area contributed by atoms with Crippen molar-refractivity contribution in [2.45, 2.75) is 32.9 Å². The third-order valence-corrected chi connectivity index (χ3v) is 3.09. The highest BCUT2D eigenvalue weighted by molar-refractivity contribution is 6.32. The summed E-state index contributed by atoms with van der Waals surface area (Å²) in [5.74, 6) is 0.610. The normalized spacial score (nSPS) is 11.5. The molecule has 1 heterocycles. The first-order chi connectivity index (χ1) is 9.85. The molecule has 0 saturated heterocycles. The maximum Gasteiger partial charge on any atom is 0.150 e. The third kappa shape index (κ3) is 4.69. The van der Waals surface area contributed by atoms with E-state index in [1.807, 2.05) is 6.07 Å². The molecule has 21 heavy (non-hydrogen) atoms. The van der Waals surface area contributed by atoms with Gasteiger partial charge in [0.1, 0.15) is 17.3 Å². The molecule has 0 bridgehead atoms. The minimum absolute atomic E-state index is 0.00589. The molecule has 112 valence electrons. The number of pyridine rings is 1. The van der Waals surface area contributed by atoms with Gasteiger partial charge in [-0.2, -0.15) is 0 Å². The molecule has 0 amide bonds. The summed E-state index contributed by atoms with van der Waals surface area (Å²) in [5, 5.41) is 3.62. The maximum atomic E-state index is 13.1. The van der Waals surface area contributed by atoms with Crippen LogP contribution in [0, 0.1) is 5.82 Å². The van der Waals surface area contributed by atoms with Crippen LogP contribution in [0.25, 0.3) is 0 Å². The monoisotopic (exact) mass is 308 g/mol. The van der Waals surface area contributed by atoms with E-state index < -0.39 is 5.82 Å². The van der Waals surface area contributed by atoms with Crippen molar-refractivity contribution >= 4 is 11.6 Å². The van der Waals surface area contributed by atoms with Crippen LogP contribution in [0.15, 0.2) is 36.7 Å². The molecule has 0 spiro atoms. The lowest BCUT2D eigenvalue weighted by atomic mass is 10.1. The Morgan fingerprint density at radius 3 is 2.67 bits per heavy atom. The third-order valence-electron chi connectivity index (χ3n) is 2.79. The van der Waals surface area contributed by atoms with Crippen molar-refractivity contribution in [3.8, 4) is 11.5 Å². The summed E-state index contributed by atoms with van der Waals surface area (Å²) in [5.41, 5.74) is 0.953. The highest BCUT2D eigenvalue weighted by Crippen LogP contribution is 2.31. The lowest BCUT2D eigenvalue weighted by Crippen LogP contribution is -2.35. The van der Waals surface area contributed by atoms with Gasteiger partial charge in [0, 0.05) is 23.8 Å². The van der Waals surface area contributed by atoms with E-state index in [1.54, 1.807) is 12.4 Å². The number of halogens is 2. The molecule has 0 aliphatic carbocycles. The summed E-state index contributed by atoms with van der Waals surface area (Å²) in [6, 6.07) is 5.92. The molecule has 2 aromatic rings. The molecule has 0 aliphatic heterocycles. The molecule has 3 nitrogen and oxygen atoms in total. The van der Waals surface area contributed by atoms with Crippen LogP contribution in [0.5, 0.6) is 11.5 Å². The van der Waals surface area contributed by atoms with Crippen molar-refractivity contribution in [1.29, 1.82) is 0 Å². The van der Waals surface area contributed by atoms with Gasteiger partial charge < -0.3 is 10.1 Å². The molecule has 0 atom stereocenters. The van der Waals surface area contributed by atoms with Gasteiger partial charge in [-0.3, -0.25) is 4.98 Å². The van der Waals surface area contributed by atoms with Crippen molar-refractivity contribution in [2.75, 3.05) is 0 Å². The maximum absolute atomic E-state index is 13.1. The summed E-state index contributed by atoms with van der Waals surface area (Å²) in [6.45, 7) is 6.91. The molecule has 1 N–H and O–H groups in total. The molecule has 0 aliphatic rings. The van der Waals surface area contributed by atoms with Gasteiger partial charge >= 0.3 is 0 Å². The Labute approximate surface area is 129 Å². The Morgan fingerprint density at radius 2 is 2.00 bits per heavy atom. The lowest BCUT2D eigenvalue weighted by molar-refractivity contribution is 0.413. The Kier molecular flexibility index (Phi) is 4.80. The molecule has 0 unspecified atom stereocenters. The molecular weight excluding hydrogens is 291 g/mol. The number of hydrogen-bond acceptors (Lipinski definition) is 3. The van der Waals surface area contributed by atoms with Crippen LogP contribution in [-0.2, 0) is 6.54 Å². The van der Waals surface area contributed by atoms with Crippen molar-refractivity contribution in [3.63, 3.8) is 0 Å². The van der Waals surface area contributed by atoms with Crippen molar-refractivity contribution in [1.82, 2.24) is 10.3 Å². The fourth-order valence-corrected chi connectivity index (χ4v) is 1.89. The van der Waals surface area contributed by atoms with Crippen LogP contribution in [0.4, 0.5) is 4.39 Å². The molecule has 1 aromatic heterocycles. The average molecular weight is 309 g/mol. The molecule has 2 rings (SSSR count). The van der Waals surface area contributed by atoms with E-state index in [1.165, 1.54) is 18.2 Å². The summed E-state index contributed by atoms with van der Waals surface area (Å²) in [4.78, 5) is 4.06. The molecule has 5 heteroatoms. The van der Waals surface area contributed by atoms with Crippen LogP contribution in [-0.4, -0.2) is 10.5 Å². The standard InChI is InChI=1S/C16H18ClFN2O/c1-16(2,3)20-9-11-6-7-19-10-15(11)21-14-5-4-12(18)8-13(14)17/h4-8,10,20H,9H2,1-3H3. The summed E-state index contributed by atoms with van der Waals surface area (Å²) >= 11 is 5.98. The Hall–Kier alpha value is -1.65. The SMILES string of the molecule is CC(C)(C)NCc1ccncc1Oc1ccc(F)cc1Cl. The highest BCUT2D eigenvalue weighted by Gasteiger charge is 2.12. The Morgan fingerprint density at radius 1 is 1.24 bits per heavy atom. The first-order valence-electron chi connectivity index (χ1n) is 6.66. The minimum Gasteiger partial charge on any atom is -0.454 e. The summed E-state index contributed by atoms with van der Waals surface area (Å²) < 4.78 is 18.8. The van der Waals surface area contributed by atoms with E-state index in [2.05, 4.69) is 31.1 Å². The lowest BCUT2D eigenvalue weighted by Gasteiger charge is -2.21. The molecule has 0 fully saturated rings. The zero-order valence-corrected chi connectivity index (χ0v) is 13.0. The van der Waals surface area contributed by atoms with Gasteiger partial charge in [0.05, 0.1) is 11.2 Å². The van der Waals surface area contributed by atoms with Crippen molar-refractivity contribution in [3.05, 3.63) is 53.1 Å². The van der Waals surface area contributed by atoms with Gasteiger partial charge in [0.15, 0.2) is 0 Å². The number of rotatable bonds is 4. The van der Waals surface area contributed by atoms with Crippen LogP contribution in [0.3, 0.4) is 0 Å². The van der Waals surface area contributed by atoms with Crippen LogP contribution < -0.4 is 10.1 Å². The zero-order valence-electron chi connectivity index (χ0n) is 12.3. The Bertz CT molecular complexity index is 626. The van der Waals surface area contributed by atoms with Gasteiger partial charge in [-0.15, -0.1) is 0 Å². The van der Waals surface area contributed by atoms with Gasteiger partial charge in [-0.1, -0.05) is 11.6 Å². The van der Waals surface area contributed by atoms with Crippen molar-refractivity contribution in [2.24, 2.45) is 0 Å². The van der Waals surface area contributed by atoms with Gasteiger partial charge in [-0.05, 0) is 45.0 Å². The quantitative estimate of drug-likeness (QED) is 0.899. The van der Waals surface area contributed by atoms with E-state index in [4.69, 9.17) is 16.3 Å². The van der Waals surface area contributed by atoms with E-state index in [0.29, 0.717) is 18.0 Å². The van der Waals surface area contributed by atoms with E-state index >= 15 is 0 Å². The fraction of sp³-hybridized carbons (Fsp3) is 0.312. The van der Waals surface area contributed by atoms with Crippen LogP contribution in [0.2, 0.25) is 5.02 Å². The van der Waals surface area contributed by atoms with Gasteiger partial charge in [0.2, 0.25) is 0 Å². The summed E-state index contributed by atoms with van der Waals surface area (Å²) in [7, 11) is 0. The topological polar surface area (TPSA) is 34.2 Å². The molecule has 0 radical (unpaired) electrons. The van der Waals surface area contributed by atoms with Crippen LogP contribution in [0.1, 0.15) is 26.3 Å². The molecule has 0 saturated carbocycles. The number of benzene rings is 1. The predicted octanol–water partition coefficient (Wildman–Crippen LogP) is 4.55. The Balaban J connectivity index is 2.20. The molecule has 1 aromatic carbocycles. The van der Waals surface area contributed by atoms with Crippen molar-refractivity contribution < 1.29 is 9.13 Å². The second-order valence-electron chi connectivity index (χ2n) is 5.76. The smallest absolute Gasteiger partial charge is 0.150 e. The van der Waals surface area contributed by atoms with Gasteiger partial charge in [0.25, 0.3) is 0 Å². The predicted molar refractivity (Wildman–Crippen MR) is 82.3 cm³/mol. The largest absolute Gasteiger partial charge is 0.454 e. The van der Waals surface area contributed by atoms with E-state index in [0.717, 1.165) is 5.56 Å². The van der Waals surface area contributed by atoms with Crippen LogP contribution >= 0.6 is 11.6 Å². The first-order valence-corrected chi connectivity index (χ1v) is 7.04. The number of hydrogen-bond donors (Lipinski definition) is 1. The number of nitrogens with zero attached hydrogens (tertiary/aromatic N) is 1. The second-order valence-corrected chi connectivity index (χ2v) is 6.17. The number of ether oxygens (including phenoxy) is 1. The van der Waals surface area contributed by atoms with Gasteiger partial charge in [-0.25, -0.2) is 4.39 Å². The fourth-order valence-electron chi connectivity index (χ4n) is 1.68. The van der Waals surface area contributed by atoms with E-state index in [-0.39, 0.29) is 10.6 Å². The molecular formula is C16H18ClFN2O.